The molecule has 2 atom stereocenters. The van der Waals surface area contributed by atoms with Crippen LogP contribution in [0.4, 0.5) is 16.2 Å². The molecule has 3 aliphatic rings. The van der Waals surface area contributed by atoms with Crippen molar-refractivity contribution in [1.29, 1.82) is 5.26 Å². The number of carboxylic acid groups (broad SMARTS) is 1. The van der Waals surface area contributed by atoms with Crippen molar-refractivity contribution in [3.63, 3.8) is 0 Å². The second-order valence-corrected chi connectivity index (χ2v) is 11.7. The van der Waals surface area contributed by atoms with Crippen LogP contribution in [0.3, 0.4) is 0 Å². The lowest BCUT2D eigenvalue weighted by molar-refractivity contribution is 0.122. The highest BCUT2D eigenvalue weighted by Crippen LogP contribution is 2.40. The number of pyridine rings is 1. The number of anilines is 2. The maximum Gasteiger partial charge on any atom is 0.407 e. The summed E-state index contributed by atoms with van der Waals surface area (Å²) in [6.07, 6.45) is 2.05. The molecule has 214 valence electrons. The van der Waals surface area contributed by atoms with Gasteiger partial charge in [0.05, 0.1) is 17.9 Å². The molecule has 1 aromatic heterocycles. The monoisotopic (exact) mass is 554 g/mol. The summed E-state index contributed by atoms with van der Waals surface area (Å²) in [7, 11) is 2.12. The summed E-state index contributed by atoms with van der Waals surface area (Å²) in [5.41, 5.74) is 5.79. The number of rotatable bonds is 5. The highest BCUT2D eigenvalue weighted by atomic mass is 16.5. The van der Waals surface area contributed by atoms with E-state index >= 15 is 0 Å². The molecule has 41 heavy (non-hydrogen) atoms. The van der Waals surface area contributed by atoms with Crippen LogP contribution in [0.25, 0.3) is 10.8 Å². The molecule has 2 aromatic carbocycles. The molecule has 0 saturated carbocycles. The number of hydrogen-bond acceptors (Lipinski definition) is 7. The molecule has 0 bridgehead atoms. The van der Waals surface area contributed by atoms with Crippen LogP contribution >= 0.6 is 0 Å². The Morgan fingerprint density at radius 3 is 2.66 bits per heavy atom. The summed E-state index contributed by atoms with van der Waals surface area (Å²) in [6.45, 7) is 8.49. The Balaban J connectivity index is 1.40. The number of carbonyl (C=O) groups is 1. The number of aromatic nitrogens is 1. The van der Waals surface area contributed by atoms with Gasteiger partial charge in [-0.1, -0.05) is 30.3 Å². The van der Waals surface area contributed by atoms with E-state index in [4.69, 9.17) is 9.72 Å². The minimum Gasteiger partial charge on any atom is -0.475 e. The Bertz CT molecular complexity index is 1510. The quantitative estimate of drug-likeness (QED) is 0.488. The predicted molar refractivity (Wildman–Crippen MR) is 160 cm³/mol. The van der Waals surface area contributed by atoms with E-state index in [2.05, 4.69) is 71.1 Å². The largest absolute Gasteiger partial charge is 0.475 e. The number of likely N-dealkylation sites (N-methyl/N-ethyl adjacent to an activating group) is 1. The first-order valence-corrected chi connectivity index (χ1v) is 14.6. The number of benzene rings is 2. The molecule has 9 heteroatoms. The molecule has 4 heterocycles. The minimum atomic E-state index is -0.903. The minimum absolute atomic E-state index is 0.188. The summed E-state index contributed by atoms with van der Waals surface area (Å²) in [4.78, 5) is 25.2. The van der Waals surface area contributed by atoms with E-state index in [9.17, 15) is 15.2 Å². The third-order valence-electron chi connectivity index (χ3n) is 9.11. The fraction of sp³-hybridized carbons (Fsp3) is 0.469. The fourth-order valence-electron chi connectivity index (χ4n) is 6.87. The van der Waals surface area contributed by atoms with Gasteiger partial charge in [-0.05, 0) is 63.7 Å². The topological polar surface area (TPSA) is 96.2 Å². The zero-order chi connectivity index (χ0) is 28.7. The molecule has 1 N–H and O–H groups in total. The summed E-state index contributed by atoms with van der Waals surface area (Å²) in [5, 5.41) is 22.6. The molecule has 0 radical (unpaired) electrons. The number of likely N-dealkylation sites (tertiary alicyclic amines) is 1. The van der Waals surface area contributed by atoms with Crippen LogP contribution in [-0.4, -0.2) is 84.4 Å². The van der Waals surface area contributed by atoms with E-state index in [0.29, 0.717) is 50.3 Å². The van der Waals surface area contributed by atoms with Crippen LogP contribution in [0.5, 0.6) is 5.88 Å². The third-order valence-corrected chi connectivity index (χ3v) is 9.11. The number of amides is 1. The lowest BCUT2D eigenvalue weighted by atomic mass is 9.96. The fourth-order valence-corrected chi connectivity index (χ4v) is 6.87. The predicted octanol–water partition coefficient (Wildman–Crippen LogP) is 4.64. The van der Waals surface area contributed by atoms with Crippen LogP contribution < -0.4 is 14.5 Å². The van der Waals surface area contributed by atoms with Gasteiger partial charge in [0, 0.05) is 54.9 Å². The van der Waals surface area contributed by atoms with E-state index in [0.717, 1.165) is 49.3 Å². The van der Waals surface area contributed by atoms with E-state index in [1.54, 1.807) is 0 Å². The van der Waals surface area contributed by atoms with Crippen molar-refractivity contribution in [2.45, 2.75) is 51.7 Å². The second-order valence-electron chi connectivity index (χ2n) is 11.7. The van der Waals surface area contributed by atoms with Crippen LogP contribution in [0, 0.1) is 18.3 Å². The van der Waals surface area contributed by atoms with Gasteiger partial charge in [-0.3, -0.25) is 0 Å². The highest BCUT2D eigenvalue weighted by molar-refractivity contribution is 5.97. The Morgan fingerprint density at radius 2 is 1.95 bits per heavy atom. The smallest absolute Gasteiger partial charge is 0.407 e. The SMILES string of the molecule is Cc1cccc2cccc(N3CCc4c(nc(OC[C@@H]5CCCN5C)c(C#N)c4N4CCN(C(=O)O)[C@H](C)C4)C3)c12. The number of aryl methyl sites for hydroxylation is 1. The second kappa shape index (κ2) is 11.1. The van der Waals surface area contributed by atoms with Crippen molar-refractivity contribution in [2.24, 2.45) is 0 Å². The van der Waals surface area contributed by atoms with Gasteiger partial charge in [-0.15, -0.1) is 0 Å². The maximum atomic E-state index is 11.8. The van der Waals surface area contributed by atoms with Gasteiger partial charge in [-0.2, -0.15) is 5.26 Å². The summed E-state index contributed by atoms with van der Waals surface area (Å²) in [5.74, 6) is 0.394. The van der Waals surface area contributed by atoms with Crippen LogP contribution in [0.15, 0.2) is 36.4 Å². The number of ether oxygens (including phenoxy) is 1. The van der Waals surface area contributed by atoms with Crippen molar-refractivity contribution in [3.05, 3.63) is 58.8 Å². The summed E-state index contributed by atoms with van der Waals surface area (Å²) in [6, 6.07) is 15.4. The summed E-state index contributed by atoms with van der Waals surface area (Å²) < 4.78 is 6.37. The first-order valence-electron chi connectivity index (χ1n) is 14.6. The molecular formula is C32H38N6O3. The molecule has 0 spiro atoms. The maximum absolute atomic E-state index is 11.8. The Kier molecular flexibility index (Phi) is 7.35. The number of nitrogens with zero attached hydrogens (tertiary/aromatic N) is 6. The van der Waals surface area contributed by atoms with Gasteiger partial charge in [0.2, 0.25) is 5.88 Å². The van der Waals surface area contributed by atoms with Gasteiger partial charge >= 0.3 is 6.09 Å². The molecule has 1 amide bonds. The molecule has 0 aliphatic carbocycles. The molecule has 9 nitrogen and oxygen atoms in total. The summed E-state index contributed by atoms with van der Waals surface area (Å²) >= 11 is 0. The Hall–Kier alpha value is -4.03. The van der Waals surface area contributed by atoms with Crippen molar-refractivity contribution < 1.29 is 14.6 Å². The number of fused-ring (bicyclic) bond motifs is 2. The molecule has 0 unspecified atom stereocenters. The van der Waals surface area contributed by atoms with Gasteiger partial charge in [0.25, 0.3) is 0 Å². The third kappa shape index (κ3) is 5.02. The van der Waals surface area contributed by atoms with E-state index < -0.39 is 6.09 Å². The first-order chi connectivity index (χ1) is 19.9. The van der Waals surface area contributed by atoms with Crippen LogP contribution in [0.2, 0.25) is 0 Å². The average molecular weight is 555 g/mol. The molecule has 6 rings (SSSR count). The zero-order valence-electron chi connectivity index (χ0n) is 24.1. The van der Waals surface area contributed by atoms with Gasteiger partial charge < -0.3 is 29.4 Å². The van der Waals surface area contributed by atoms with E-state index in [1.165, 1.54) is 26.9 Å². The average Bonchev–Trinajstić information content (AvgIpc) is 3.38. The number of nitriles is 1. The van der Waals surface area contributed by atoms with E-state index in [-0.39, 0.29) is 6.04 Å². The molecule has 2 fully saturated rings. The van der Waals surface area contributed by atoms with E-state index in [1.807, 2.05) is 6.92 Å². The number of piperazine rings is 1. The van der Waals surface area contributed by atoms with Crippen LogP contribution in [0.1, 0.15) is 42.1 Å². The molecule has 3 aromatic rings. The van der Waals surface area contributed by atoms with Crippen LogP contribution in [-0.2, 0) is 13.0 Å². The van der Waals surface area contributed by atoms with Gasteiger partial charge in [0.15, 0.2) is 0 Å². The highest BCUT2D eigenvalue weighted by Gasteiger charge is 2.34. The standard InChI is InChI=1S/C32H38N6O3/c1-21-7-4-8-23-9-5-11-28(29(21)23)36-14-12-25-27(19-36)34-31(41-20-24-10-6-13-35(24)3)26(17-33)30(25)37-15-16-38(32(39)40)22(2)18-37/h4-5,7-9,11,22,24H,6,10,12-16,18-20H2,1-3H3,(H,39,40)/t22-,24+/m1/s1. The normalized spacial score (nSPS) is 21.2. The van der Waals surface area contributed by atoms with Crippen molar-refractivity contribution in [3.8, 4) is 11.9 Å². The molecule has 2 saturated heterocycles. The lowest BCUT2D eigenvalue weighted by Gasteiger charge is -2.42. The van der Waals surface area contributed by atoms with Crippen molar-refractivity contribution in [2.75, 3.05) is 56.2 Å². The molecular weight excluding hydrogens is 516 g/mol. The van der Waals surface area contributed by atoms with Gasteiger partial charge in [-0.25, -0.2) is 9.78 Å². The molecule has 3 aliphatic heterocycles. The number of hydrogen-bond donors (Lipinski definition) is 1. The first kappa shape index (κ1) is 27.2. The lowest BCUT2D eigenvalue weighted by Crippen LogP contribution is -2.54. The van der Waals surface area contributed by atoms with Gasteiger partial charge in [0.1, 0.15) is 18.2 Å². The van der Waals surface area contributed by atoms with Crippen molar-refractivity contribution >= 4 is 28.2 Å². The Labute approximate surface area is 241 Å². The zero-order valence-corrected chi connectivity index (χ0v) is 24.1. The Morgan fingerprint density at radius 1 is 1.15 bits per heavy atom. The van der Waals surface area contributed by atoms with Crippen molar-refractivity contribution in [1.82, 2.24) is 14.8 Å².